The third kappa shape index (κ3) is 2.64. The zero-order valence-electron chi connectivity index (χ0n) is 14.9. The highest BCUT2D eigenvalue weighted by Crippen LogP contribution is 2.56. The maximum Gasteiger partial charge on any atom is 0.261 e. The summed E-state index contributed by atoms with van der Waals surface area (Å²) in [5.41, 5.74) is 1.23. The van der Waals surface area contributed by atoms with Crippen LogP contribution in [0.1, 0.15) is 19.3 Å². The number of carbonyl (C=O) groups is 2. The molecule has 6 nitrogen and oxygen atoms in total. The van der Waals surface area contributed by atoms with Gasteiger partial charge in [-0.15, -0.1) is 0 Å². The predicted molar refractivity (Wildman–Crippen MR) is 107 cm³/mol. The van der Waals surface area contributed by atoms with Gasteiger partial charge in [-0.3, -0.25) is 14.5 Å². The first-order valence-electron chi connectivity index (χ1n) is 9.10. The standard InChI is InChI=1S/C20H17ClN2O4S/c21-12-10-15-16(27-9-3-8-26-15)11-13(12)22-19(25)20-7-6-18(24)23(20)14-4-1-2-5-17(14)28-20/h1-2,4-5,10-11H,3,6-9H2,(H,22,25). The van der Waals surface area contributed by atoms with Gasteiger partial charge in [0.1, 0.15) is 0 Å². The van der Waals surface area contributed by atoms with Crippen molar-refractivity contribution in [3.8, 4) is 11.5 Å². The number of fused-ring (bicyclic) bond motifs is 4. The highest BCUT2D eigenvalue weighted by Gasteiger charge is 2.57. The zero-order valence-corrected chi connectivity index (χ0v) is 16.4. The summed E-state index contributed by atoms with van der Waals surface area (Å²) < 4.78 is 11.3. The molecule has 28 heavy (non-hydrogen) atoms. The Morgan fingerprint density at radius 2 is 1.93 bits per heavy atom. The van der Waals surface area contributed by atoms with Gasteiger partial charge in [0.15, 0.2) is 16.4 Å². The molecule has 1 N–H and O–H groups in total. The third-order valence-corrected chi connectivity index (χ3v) is 6.90. The topological polar surface area (TPSA) is 67.9 Å². The molecule has 144 valence electrons. The van der Waals surface area contributed by atoms with E-state index in [1.807, 2.05) is 24.3 Å². The van der Waals surface area contributed by atoms with Crippen LogP contribution in [0.5, 0.6) is 11.5 Å². The lowest BCUT2D eigenvalue weighted by atomic mass is 10.1. The molecule has 0 spiro atoms. The van der Waals surface area contributed by atoms with E-state index in [0.717, 1.165) is 17.0 Å². The maximum absolute atomic E-state index is 13.4. The van der Waals surface area contributed by atoms with Crippen LogP contribution in [0.25, 0.3) is 0 Å². The van der Waals surface area contributed by atoms with Gasteiger partial charge in [0, 0.05) is 29.9 Å². The summed E-state index contributed by atoms with van der Waals surface area (Å²) in [4.78, 5) is 27.5. The first kappa shape index (κ1) is 17.7. The van der Waals surface area contributed by atoms with Crippen molar-refractivity contribution in [2.45, 2.75) is 29.0 Å². The summed E-state index contributed by atoms with van der Waals surface area (Å²) >= 11 is 7.80. The van der Waals surface area contributed by atoms with E-state index in [0.29, 0.717) is 48.3 Å². The summed E-state index contributed by atoms with van der Waals surface area (Å²) in [6, 6.07) is 10.9. The van der Waals surface area contributed by atoms with Gasteiger partial charge in [-0.2, -0.15) is 0 Å². The SMILES string of the molecule is O=C1CCC2(C(=O)Nc3cc4c(cc3Cl)OCCCO4)Sc3ccccc3N12. The van der Waals surface area contributed by atoms with Gasteiger partial charge in [-0.1, -0.05) is 35.5 Å². The quantitative estimate of drug-likeness (QED) is 0.799. The normalized spacial score (nSPS) is 22.5. The third-order valence-electron chi connectivity index (χ3n) is 5.11. The van der Waals surface area contributed by atoms with Crippen molar-refractivity contribution < 1.29 is 19.1 Å². The second-order valence-electron chi connectivity index (χ2n) is 6.87. The largest absolute Gasteiger partial charge is 0.490 e. The summed E-state index contributed by atoms with van der Waals surface area (Å²) in [6.45, 7) is 1.10. The number of para-hydroxylation sites is 1. The van der Waals surface area contributed by atoms with Gasteiger partial charge in [0.2, 0.25) is 5.91 Å². The molecule has 1 fully saturated rings. The van der Waals surface area contributed by atoms with Crippen LogP contribution in [0.4, 0.5) is 11.4 Å². The summed E-state index contributed by atoms with van der Waals surface area (Å²) in [5, 5.41) is 3.29. The molecular weight excluding hydrogens is 400 g/mol. The van der Waals surface area contributed by atoms with Crippen molar-refractivity contribution in [1.82, 2.24) is 0 Å². The first-order chi connectivity index (χ1) is 13.6. The number of ether oxygens (including phenoxy) is 2. The Morgan fingerprint density at radius 3 is 2.75 bits per heavy atom. The first-order valence-corrected chi connectivity index (χ1v) is 10.3. The second-order valence-corrected chi connectivity index (χ2v) is 8.59. The van der Waals surface area contributed by atoms with Crippen molar-refractivity contribution in [3.05, 3.63) is 41.4 Å². The van der Waals surface area contributed by atoms with E-state index >= 15 is 0 Å². The average Bonchev–Trinajstić information content (AvgIpc) is 3.10. The fraction of sp³-hybridized carbons (Fsp3) is 0.300. The van der Waals surface area contributed by atoms with Crippen molar-refractivity contribution >= 4 is 46.6 Å². The van der Waals surface area contributed by atoms with E-state index in [-0.39, 0.29) is 11.8 Å². The summed E-state index contributed by atoms with van der Waals surface area (Å²) in [6.07, 6.45) is 1.56. The van der Waals surface area contributed by atoms with Gasteiger partial charge in [0.25, 0.3) is 5.91 Å². The number of anilines is 2. The number of thioether (sulfide) groups is 1. The lowest BCUT2D eigenvalue weighted by molar-refractivity contribution is -0.121. The lowest BCUT2D eigenvalue weighted by Gasteiger charge is -2.29. The molecule has 1 unspecified atom stereocenters. The molecule has 0 aliphatic carbocycles. The fourth-order valence-electron chi connectivity index (χ4n) is 3.80. The van der Waals surface area contributed by atoms with Gasteiger partial charge < -0.3 is 14.8 Å². The molecule has 1 saturated heterocycles. The molecule has 8 heteroatoms. The van der Waals surface area contributed by atoms with Crippen LogP contribution in [-0.2, 0) is 9.59 Å². The molecule has 0 saturated carbocycles. The monoisotopic (exact) mass is 416 g/mol. The van der Waals surface area contributed by atoms with E-state index in [1.165, 1.54) is 11.8 Å². The van der Waals surface area contributed by atoms with Crippen LogP contribution in [0.2, 0.25) is 5.02 Å². The van der Waals surface area contributed by atoms with E-state index in [9.17, 15) is 9.59 Å². The summed E-state index contributed by atoms with van der Waals surface area (Å²) in [5.74, 6) is 0.809. The number of nitrogens with one attached hydrogen (secondary N) is 1. The molecular formula is C20H17ClN2O4S. The van der Waals surface area contributed by atoms with E-state index in [1.54, 1.807) is 17.0 Å². The number of hydrogen-bond acceptors (Lipinski definition) is 5. The zero-order chi connectivity index (χ0) is 19.3. The lowest BCUT2D eigenvalue weighted by Crippen LogP contribution is -2.49. The van der Waals surface area contributed by atoms with E-state index < -0.39 is 4.87 Å². The smallest absolute Gasteiger partial charge is 0.261 e. The molecule has 3 aliphatic heterocycles. The fourth-order valence-corrected chi connectivity index (χ4v) is 5.41. The van der Waals surface area contributed by atoms with Crippen LogP contribution in [0, 0.1) is 0 Å². The Kier molecular flexibility index (Phi) is 4.17. The van der Waals surface area contributed by atoms with Gasteiger partial charge in [-0.25, -0.2) is 0 Å². The predicted octanol–water partition coefficient (Wildman–Crippen LogP) is 4.07. The Hall–Kier alpha value is -2.38. The number of rotatable bonds is 2. The highest BCUT2D eigenvalue weighted by molar-refractivity contribution is 8.02. The van der Waals surface area contributed by atoms with E-state index in [4.69, 9.17) is 21.1 Å². The minimum Gasteiger partial charge on any atom is -0.490 e. The van der Waals surface area contributed by atoms with Gasteiger partial charge in [-0.05, 0) is 18.6 Å². The average molecular weight is 417 g/mol. The van der Waals surface area contributed by atoms with Crippen molar-refractivity contribution in [2.75, 3.05) is 23.4 Å². The Morgan fingerprint density at radius 1 is 1.18 bits per heavy atom. The molecule has 5 rings (SSSR count). The van der Waals surface area contributed by atoms with Crippen LogP contribution in [0.15, 0.2) is 41.3 Å². The molecule has 2 aromatic carbocycles. The van der Waals surface area contributed by atoms with Crippen LogP contribution in [0.3, 0.4) is 0 Å². The molecule has 1 atom stereocenters. The maximum atomic E-state index is 13.4. The Labute approximate surface area is 171 Å². The minimum atomic E-state index is -0.992. The molecule has 3 heterocycles. The number of nitrogens with zero attached hydrogens (tertiary/aromatic N) is 1. The number of carbonyl (C=O) groups excluding carboxylic acids is 2. The molecule has 0 radical (unpaired) electrons. The number of amides is 2. The molecule has 3 aliphatic rings. The van der Waals surface area contributed by atoms with Crippen molar-refractivity contribution in [2.24, 2.45) is 0 Å². The number of hydrogen-bond donors (Lipinski definition) is 1. The molecule has 2 amide bonds. The summed E-state index contributed by atoms with van der Waals surface area (Å²) in [7, 11) is 0. The highest BCUT2D eigenvalue weighted by atomic mass is 35.5. The Bertz CT molecular complexity index is 998. The number of benzene rings is 2. The molecule has 0 aromatic heterocycles. The van der Waals surface area contributed by atoms with Crippen LogP contribution in [-0.4, -0.2) is 29.9 Å². The van der Waals surface area contributed by atoms with Crippen LogP contribution < -0.4 is 19.7 Å². The molecule has 2 aromatic rings. The van der Waals surface area contributed by atoms with Crippen molar-refractivity contribution in [3.63, 3.8) is 0 Å². The van der Waals surface area contributed by atoms with E-state index in [2.05, 4.69) is 5.32 Å². The Balaban J connectivity index is 1.48. The number of halogens is 1. The van der Waals surface area contributed by atoms with Crippen molar-refractivity contribution in [1.29, 1.82) is 0 Å². The van der Waals surface area contributed by atoms with Gasteiger partial charge >= 0.3 is 0 Å². The minimum absolute atomic E-state index is 0.0441. The molecule has 0 bridgehead atoms. The van der Waals surface area contributed by atoms with Gasteiger partial charge in [0.05, 0.1) is 29.6 Å². The second kappa shape index (κ2) is 6.60. The van der Waals surface area contributed by atoms with Crippen LogP contribution >= 0.6 is 23.4 Å².